The van der Waals surface area contributed by atoms with Crippen molar-refractivity contribution in [2.75, 3.05) is 32.2 Å². The van der Waals surface area contributed by atoms with E-state index in [1.165, 1.54) is 6.42 Å². The lowest BCUT2D eigenvalue weighted by molar-refractivity contribution is 0.352. The molecule has 1 aromatic heterocycles. The number of anilines is 1. The molecule has 2 atom stereocenters. The van der Waals surface area contributed by atoms with E-state index in [2.05, 4.69) is 15.2 Å². The minimum Gasteiger partial charge on any atom is -0.493 e. The first-order valence-corrected chi connectivity index (χ1v) is 8.12. The standard InChI is InChI=1S/C18H21N3O3/c1-22-17-4-3-15(7-18(17)23-2)24-16-6-14(8-19-10-16)21-11-12-5-13(21)9-20-12/h3-4,6-8,10,12-13,20H,5,9,11H2,1-2H3/t12-,13-/m0/s1. The van der Waals surface area contributed by atoms with Crippen LogP contribution in [0.25, 0.3) is 0 Å². The quantitative estimate of drug-likeness (QED) is 0.910. The Morgan fingerprint density at radius 2 is 1.96 bits per heavy atom. The Balaban J connectivity index is 1.54. The number of benzene rings is 1. The Morgan fingerprint density at radius 3 is 2.67 bits per heavy atom. The Hall–Kier alpha value is -2.47. The number of rotatable bonds is 5. The van der Waals surface area contributed by atoms with Gasteiger partial charge in [0.2, 0.25) is 0 Å². The van der Waals surface area contributed by atoms with Crippen molar-refractivity contribution in [2.24, 2.45) is 0 Å². The molecule has 6 nitrogen and oxygen atoms in total. The van der Waals surface area contributed by atoms with Crippen LogP contribution < -0.4 is 24.4 Å². The molecule has 0 radical (unpaired) electrons. The molecule has 3 heterocycles. The number of hydrogen-bond acceptors (Lipinski definition) is 6. The Kier molecular flexibility index (Phi) is 3.90. The van der Waals surface area contributed by atoms with Gasteiger partial charge in [-0.3, -0.25) is 4.98 Å². The van der Waals surface area contributed by atoms with Crippen LogP contribution in [0.3, 0.4) is 0 Å². The summed E-state index contributed by atoms with van der Waals surface area (Å²) in [6.45, 7) is 2.08. The maximum Gasteiger partial charge on any atom is 0.164 e. The molecule has 24 heavy (non-hydrogen) atoms. The number of piperazine rings is 1. The fourth-order valence-electron chi connectivity index (χ4n) is 3.51. The number of hydrogen-bond donors (Lipinski definition) is 1. The minimum absolute atomic E-state index is 0.563. The smallest absolute Gasteiger partial charge is 0.164 e. The lowest BCUT2D eigenvalue weighted by Gasteiger charge is -2.29. The summed E-state index contributed by atoms with van der Waals surface area (Å²) >= 11 is 0. The molecular weight excluding hydrogens is 306 g/mol. The van der Waals surface area contributed by atoms with E-state index < -0.39 is 0 Å². The molecule has 2 fully saturated rings. The van der Waals surface area contributed by atoms with E-state index in [1.54, 1.807) is 20.4 Å². The van der Waals surface area contributed by atoms with E-state index in [-0.39, 0.29) is 0 Å². The molecule has 126 valence electrons. The molecule has 2 aliphatic heterocycles. The first-order valence-electron chi connectivity index (χ1n) is 8.12. The summed E-state index contributed by atoms with van der Waals surface area (Å²) in [5.74, 6) is 2.73. The van der Waals surface area contributed by atoms with Gasteiger partial charge in [0, 0.05) is 37.3 Å². The van der Waals surface area contributed by atoms with E-state index in [0.29, 0.717) is 29.3 Å². The van der Waals surface area contributed by atoms with Crippen molar-refractivity contribution in [2.45, 2.75) is 18.5 Å². The topological polar surface area (TPSA) is 55.9 Å². The zero-order valence-corrected chi connectivity index (χ0v) is 13.9. The minimum atomic E-state index is 0.563. The third kappa shape index (κ3) is 2.73. The SMILES string of the molecule is COc1ccc(Oc2cncc(N3C[C@@H]4C[C@H]3CN4)c2)cc1OC. The van der Waals surface area contributed by atoms with Crippen LogP contribution in [0.4, 0.5) is 5.69 Å². The summed E-state index contributed by atoms with van der Waals surface area (Å²) in [5.41, 5.74) is 1.11. The Labute approximate surface area is 141 Å². The zero-order chi connectivity index (χ0) is 16.5. The van der Waals surface area contributed by atoms with Crippen molar-refractivity contribution < 1.29 is 14.2 Å². The third-order valence-electron chi connectivity index (χ3n) is 4.68. The molecular formula is C18H21N3O3. The molecule has 0 unspecified atom stereocenters. The van der Waals surface area contributed by atoms with Crippen LogP contribution in [0.5, 0.6) is 23.0 Å². The summed E-state index contributed by atoms with van der Waals surface area (Å²) in [6, 6.07) is 8.71. The van der Waals surface area contributed by atoms with E-state index in [9.17, 15) is 0 Å². The van der Waals surface area contributed by atoms with Crippen LogP contribution in [-0.4, -0.2) is 44.4 Å². The summed E-state index contributed by atoms with van der Waals surface area (Å²) < 4.78 is 16.5. The predicted octanol–water partition coefficient (Wildman–Crippen LogP) is 2.44. The van der Waals surface area contributed by atoms with Crippen molar-refractivity contribution in [3.63, 3.8) is 0 Å². The highest BCUT2D eigenvalue weighted by atomic mass is 16.5. The zero-order valence-electron chi connectivity index (χ0n) is 13.9. The van der Waals surface area contributed by atoms with Crippen molar-refractivity contribution in [1.82, 2.24) is 10.3 Å². The summed E-state index contributed by atoms with van der Waals surface area (Å²) in [5, 5.41) is 3.51. The van der Waals surface area contributed by atoms with E-state index in [0.717, 1.165) is 24.5 Å². The van der Waals surface area contributed by atoms with E-state index in [1.807, 2.05) is 30.5 Å². The fourth-order valence-corrected chi connectivity index (χ4v) is 3.51. The molecule has 1 aromatic carbocycles. The number of methoxy groups -OCH3 is 2. The second-order valence-electron chi connectivity index (χ2n) is 6.14. The molecule has 1 N–H and O–H groups in total. The molecule has 0 aliphatic carbocycles. The molecule has 6 heteroatoms. The van der Waals surface area contributed by atoms with Crippen molar-refractivity contribution >= 4 is 5.69 Å². The molecule has 0 spiro atoms. The van der Waals surface area contributed by atoms with Gasteiger partial charge in [-0.25, -0.2) is 0 Å². The van der Waals surface area contributed by atoms with Gasteiger partial charge in [0.15, 0.2) is 11.5 Å². The average Bonchev–Trinajstić information content (AvgIpc) is 3.25. The number of nitrogens with one attached hydrogen (secondary N) is 1. The van der Waals surface area contributed by atoms with Crippen molar-refractivity contribution in [3.05, 3.63) is 36.7 Å². The van der Waals surface area contributed by atoms with Gasteiger partial charge < -0.3 is 24.4 Å². The largest absolute Gasteiger partial charge is 0.493 e. The van der Waals surface area contributed by atoms with Crippen LogP contribution in [0, 0.1) is 0 Å². The van der Waals surface area contributed by atoms with Crippen LogP contribution in [0.2, 0.25) is 0 Å². The lowest BCUT2D eigenvalue weighted by Crippen LogP contribution is -2.43. The van der Waals surface area contributed by atoms with E-state index in [4.69, 9.17) is 14.2 Å². The first kappa shape index (κ1) is 15.1. The number of aromatic nitrogens is 1. The van der Waals surface area contributed by atoms with Crippen LogP contribution >= 0.6 is 0 Å². The number of nitrogens with zero attached hydrogens (tertiary/aromatic N) is 2. The van der Waals surface area contributed by atoms with Crippen molar-refractivity contribution in [1.29, 1.82) is 0 Å². The number of fused-ring (bicyclic) bond motifs is 2. The third-order valence-corrected chi connectivity index (χ3v) is 4.68. The van der Waals surface area contributed by atoms with Gasteiger partial charge in [-0.15, -0.1) is 0 Å². The molecule has 0 amide bonds. The number of pyridine rings is 1. The van der Waals surface area contributed by atoms with Gasteiger partial charge >= 0.3 is 0 Å². The molecule has 0 saturated carbocycles. The first-order chi connectivity index (χ1) is 11.8. The highest BCUT2D eigenvalue weighted by Gasteiger charge is 2.37. The molecule has 2 aromatic rings. The molecule has 2 aliphatic rings. The lowest BCUT2D eigenvalue weighted by atomic mass is 10.2. The summed E-state index contributed by atoms with van der Waals surface area (Å²) in [7, 11) is 3.23. The average molecular weight is 327 g/mol. The highest BCUT2D eigenvalue weighted by molar-refractivity contribution is 5.53. The molecule has 2 bridgehead atoms. The van der Waals surface area contributed by atoms with Crippen LogP contribution in [0.15, 0.2) is 36.7 Å². The van der Waals surface area contributed by atoms with Gasteiger partial charge in [0.25, 0.3) is 0 Å². The maximum atomic E-state index is 5.96. The summed E-state index contributed by atoms with van der Waals surface area (Å²) in [4.78, 5) is 6.75. The maximum absolute atomic E-state index is 5.96. The van der Waals surface area contributed by atoms with Crippen LogP contribution in [-0.2, 0) is 0 Å². The predicted molar refractivity (Wildman–Crippen MR) is 91.4 cm³/mol. The Bertz CT molecular complexity index is 737. The fraction of sp³-hybridized carbons (Fsp3) is 0.389. The van der Waals surface area contributed by atoms with Gasteiger partial charge in [-0.05, 0) is 18.6 Å². The normalized spacial score (nSPS) is 21.8. The van der Waals surface area contributed by atoms with E-state index >= 15 is 0 Å². The van der Waals surface area contributed by atoms with Crippen molar-refractivity contribution in [3.8, 4) is 23.0 Å². The summed E-state index contributed by atoms with van der Waals surface area (Å²) in [6.07, 6.45) is 4.84. The Morgan fingerprint density at radius 1 is 1.08 bits per heavy atom. The second-order valence-corrected chi connectivity index (χ2v) is 6.14. The molecule has 4 rings (SSSR count). The van der Waals surface area contributed by atoms with Crippen LogP contribution in [0.1, 0.15) is 6.42 Å². The monoisotopic (exact) mass is 327 g/mol. The van der Waals surface area contributed by atoms with Gasteiger partial charge in [-0.2, -0.15) is 0 Å². The van der Waals surface area contributed by atoms with Gasteiger partial charge in [-0.1, -0.05) is 0 Å². The molecule has 2 saturated heterocycles. The number of ether oxygens (including phenoxy) is 3. The van der Waals surface area contributed by atoms with Gasteiger partial charge in [0.1, 0.15) is 11.5 Å². The van der Waals surface area contributed by atoms with Gasteiger partial charge in [0.05, 0.1) is 32.3 Å². The second kappa shape index (κ2) is 6.20. The highest BCUT2D eigenvalue weighted by Crippen LogP contribution is 2.35.